The number of hydrogen-bond acceptors (Lipinski definition) is 7. The molecule has 4 atom stereocenters. The van der Waals surface area contributed by atoms with Gasteiger partial charge >= 0.3 is 0 Å². The summed E-state index contributed by atoms with van der Waals surface area (Å²) in [6.45, 7) is 1.08. The number of nitrogens with one attached hydrogen (secondary N) is 1. The van der Waals surface area contributed by atoms with Crippen LogP contribution in [-0.4, -0.2) is 54.7 Å². The quantitative estimate of drug-likeness (QED) is 0.480. The predicted octanol–water partition coefficient (Wildman–Crippen LogP) is -0.916. The van der Waals surface area contributed by atoms with Crippen LogP contribution in [0.4, 0.5) is 5.82 Å². The van der Waals surface area contributed by atoms with Crippen LogP contribution < -0.4 is 5.73 Å². The highest BCUT2D eigenvalue weighted by molar-refractivity contribution is 5.87. The SMILES string of the molecule is C[C@@]1(O)[C@H](O)[C@@H](CO)O[C@H]1c1c[nH]c2c(N)ncnc12. The summed E-state index contributed by atoms with van der Waals surface area (Å²) in [6, 6.07) is 0. The summed E-state index contributed by atoms with van der Waals surface area (Å²) in [5, 5.41) is 29.7. The highest BCUT2D eigenvalue weighted by Crippen LogP contribution is 2.43. The van der Waals surface area contributed by atoms with Crippen molar-refractivity contribution < 1.29 is 20.1 Å². The third kappa shape index (κ3) is 1.70. The lowest BCUT2D eigenvalue weighted by atomic mass is 9.89. The van der Waals surface area contributed by atoms with E-state index in [2.05, 4.69) is 15.0 Å². The second kappa shape index (κ2) is 4.38. The molecule has 0 saturated carbocycles. The van der Waals surface area contributed by atoms with Crippen molar-refractivity contribution >= 4 is 16.9 Å². The molecule has 108 valence electrons. The average Bonchev–Trinajstić information content (AvgIpc) is 2.92. The van der Waals surface area contributed by atoms with E-state index in [1.54, 1.807) is 6.20 Å². The van der Waals surface area contributed by atoms with Gasteiger partial charge in [-0.2, -0.15) is 0 Å². The van der Waals surface area contributed by atoms with E-state index in [-0.39, 0.29) is 12.4 Å². The summed E-state index contributed by atoms with van der Waals surface area (Å²) in [6.07, 6.45) is 0.0680. The second-order valence-corrected chi connectivity index (χ2v) is 5.13. The van der Waals surface area contributed by atoms with Crippen LogP contribution in [0.5, 0.6) is 0 Å². The third-order valence-corrected chi connectivity index (χ3v) is 3.78. The number of anilines is 1. The van der Waals surface area contributed by atoms with E-state index in [0.29, 0.717) is 16.6 Å². The minimum absolute atomic E-state index is 0.290. The molecule has 0 spiro atoms. The van der Waals surface area contributed by atoms with Crippen LogP contribution in [0, 0.1) is 0 Å². The molecule has 3 heterocycles. The molecule has 1 aliphatic heterocycles. The molecule has 0 aliphatic carbocycles. The molecule has 20 heavy (non-hydrogen) atoms. The van der Waals surface area contributed by atoms with Gasteiger partial charge in [0.05, 0.1) is 12.1 Å². The highest BCUT2D eigenvalue weighted by Gasteiger charge is 2.53. The lowest BCUT2D eigenvalue weighted by Gasteiger charge is -2.26. The van der Waals surface area contributed by atoms with Gasteiger partial charge in [-0.15, -0.1) is 0 Å². The fourth-order valence-corrected chi connectivity index (χ4v) is 2.63. The lowest BCUT2D eigenvalue weighted by Crippen LogP contribution is -2.42. The van der Waals surface area contributed by atoms with E-state index >= 15 is 0 Å². The topological polar surface area (TPSA) is 138 Å². The van der Waals surface area contributed by atoms with Gasteiger partial charge in [-0.05, 0) is 6.92 Å². The van der Waals surface area contributed by atoms with E-state index in [1.807, 2.05) is 0 Å². The van der Waals surface area contributed by atoms with Crippen LogP contribution in [0.3, 0.4) is 0 Å². The lowest BCUT2D eigenvalue weighted by molar-refractivity contribution is -0.0641. The summed E-state index contributed by atoms with van der Waals surface area (Å²) in [4.78, 5) is 10.9. The van der Waals surface area contributed by atoms with Crippen LogP contribution in [0.15, 0.2) is 12.5 Å². The van der Waals surface area contributed by atoms with Crippen LogP contribution in [0.2, 0.25) is 0 Å². The van der Waals surface area contributed by atoms with E-state index in [1.165, 1.54) is 13.3 Å². The first kappa shape index (κ1) is 13.3. The van der Waals surface area contributed by atoms with Gasteiger partial charge in [-0.3, -0.25) is 0 Å². The number of aromatic nitrogens is 3. The molecule has 6 N–H and O–H groups in total. The maximum Gasteiger partial charge on any atom is 0.151 e. The zero-order valence-corrected chi connectivity index (χ0v) is 10.8. The molecule has 2 aromatic heterocycles. The van der Waals surface area contributed by atoms with Gasteiger partial charge < -0.3 is 30.8 Å². The number of nitrogens with two attached hydrogens (primary N) is 1. The van der Waals surface area contributed by atoms with Gasteiger partial charge in [-0.1, -0.05) is 0 Å². The molecule has 3 rings (SSSR count). The van der Waals surface area contributed by atoms with Crippen LogP contribution in [0.1, 0.15) is 18.6 Å². The Morgan fingerprint density at radius 1 is 1.50 bits per heavy atom. The number of hydrogen-bond donors (Lipinski definition) is 5. The number of rotatable bonds is 2. The second-order valence-electron chi connectivity index (χ2n) is 5.13. The Bertz CT molecular complexity index is 641. The molecule has 0 radical (unpaired) electrons. The average molecular weight is 280 g/mol. The van der Waals surface area contributed by atoms with Crippen molar-refractivity contribution in [2.75, 3.05) is 12.3 Å². The van der Waals surface area contributed by atoms with Gasteiger partial charge in [0, 0.05) is 11.8 Å². The molecule has 2 aromatic rings. The van der Waals surface area contributed by atoms with Crippen molar-refractivity contribution in [2.45, 2.75) is 30.8 Å². The van der Waals surface area contributed by atoms with E-state index in [0.717, 1.165) is 0 Å². The molecule has 0 amide bonds. The Hall–Kier alpha value is -1.74. The maximum absolute atomic E-state index is 10.5. The van der Waals surface area contributed by atoms with Gasteiger partial charge in [0.25, 0.3) is 0 Å². The zero-order valence-electron chi connectivity index (χ0n) is 10.8. The fraction of sp³-hybridized carbons (Fsp3) is 0.500. The molecule has 8 heteroatoms. The number of ether oxygens (including phenoxy) is 1. The summed E-state index contributed by atoms with van der Waals surface area (Å²) < 4.78 is 5.56. The number of aliphatic hydroxyl groups excluding tert-OH is 2. The number of nitrogens with zero attached hydrogens (tertiary/aromatic N) is 2. The summed E-state index contributed by atoms with van der Waals surface area (Å²) in [7, 11) is 0. The van der Waals surface area contributed by atoms with Crippen LogP contribution in [-0.2, 0) is 4.74 Å². The normalized spacial score (nSPS) is 33.9. The first-order valence-electron chi connectivity index (χ1n) is 6.21. The van der Waals surface area contributed by atoms with Gasteiger partial charge in [0.1, 0.15) is 35.8 Å². The standard InChI is InChI=1S/C12H16N4O4/c1-12(19)9(18)6(3-17)20-10(12)5-2-14-8-7(5)15-4-16-11(8)13/h2,4,6,9-10,14,17-19H,3H2,1H3,(H2,13,15,16)/t6-,9-,10+,12-/m1/s1. The molecule has 1 fully saturated rings. The molecule has 1 saturated heterocycles. The van der Waals surface area contributed by atoms with Crippen molar-refractivity contribution in [2.24, 2.45) is 0 Å². The smallest absolute Gasteiger partial charge is 0.151 e. The Kier molecular flexibility index (Phi) is 2.91. The zero-order chi connectivity index (χ0) is 14.5. The van der Waals surface area contributed by atoms with Gasteiger partial charge in [0.15, 0.2) is 5.82 Å². The number of fused-ring (bicyclic) bond motifs is 1. The minimum atomic E-state index is -1.54. The molecule has 8 nitrogen and oxygen atoms in total. The molecule has 1 aliphatic rings. The van der Waals surface area contributed by atoms with Crippen molar-refractivity contribution in [3.63, 3.8) is 0 Å². The first-order chi connectivity index (χ1) is 9.46. The van der Waals surface area contributed by atoms with Crippen molar-refractivity contribution in [1.29, 1.82) is 0 Å². The summed E-state index contributed by atoms with van der Waals surface area (Å²) in [5.41, 5.74) is 5.83. The van der Waals surface area contributed by atoms with Gasteiger partial charge in [-0.25, -0.2) is 9.97 Å². The molecule has 0 bridgehead atoms. The number of nitrogen functional groups attached to an aromatic ring is 1. The minimum Gasteiger partial charge on any atom is -0.394 e. The van der Waals surface area contributed by atoms with Crippen molar-refractivity contribution in [3.05, 3.63) is 18.1 Å². The monoisotopic (exact) mass is 280 g/mol. The highest BCUT2D eigenvalue weighted by atomic mass is 16.6. The third-order valence-electron chi connectivity index (χ3n) is 3.78. The summed E-state index contributed by atoms with van der Waals surface area (Å²) >= 11 is 0. The number of H-pyrrole nitrogens is 1. The number of aliphatic hydroxyl groups is 3. The van der Waals surface area contributed by atoms with E-state index in [4.69, 9.17) is 10.5 Å². The largest absolute Gasteiger partial charge is 0.394 e. The number of aromatic amines is 1. The molecular formula is C12H16N4O4. The fourth-order valence-electron chi connectivity index (χ4n) is 2.63. The molecule has 0 aromatic carbocycles. The molecular weight excluding hydrogens is 264 g/mol. The predicted molar refractivity (Wildman–Crippen MR) is 69.6 cm³/mol. The first-order valence-corrected chi connectivity index (χ1v) is 6.21. The van der Waals surface area contributed by atoms with E-state index < -0.39 is 23.9 Å². The summed E-state index contributed by atoms with van der Waals surface area (Å²) in [5.74, 6) is 0.290. The Labute approximate surface area is 114 Å². The van der Waals surface area contributed by atoms with Crippen molar-refractivity contribution in [1.82, 2.24) is 15.0 Å². The molecule has 0 unspecified atom stereocenters. The maximum atomic E-state index is 10.5. The van der Waals surface area contributed by atoms with Crippen LogP contribution in [0.25, 0.3) is 11.0 Å². The van der Waals surface area contributed by atoms with Gasteiger partial charge in [0.2, 0.25) is 0 Å². The Morgan fingerprint density at radius 2 is 2.25 bits per heavy atom. The van der Waals surface area contributed by atoms with Crippen LogP contribution >= 0.6 is 0 Å². The Balaban J connectivity index is 2.10. The van der Waals surface area contributed by atoms with E-state index in [9.17, 15) is 15.3 Å². The Morgan fingerprint density at radius 3 is 2.90 bits per heavy atom. The van der Waals surface area contributed by atoms with Crippen molar-refractivity contribution in [3.8, 4) is 0 Å².